The second kappa shape index (κ2) is 4.52. The minimum atomic E-state index is -0.377. The third-order valence-electron chi connectivity index (χ3n) is 2.43. The van der Waals surface area contributed by atoms with E-state index < -0.39 is 0 Å². The van der Waals surface area contributed by atoms with Gasteiger partial charge in [-0.05, 0) is 11.5 Å². The molecule has 14 heavy (non-hydrogen) atoms. The molecule has 0 bridgehead atoms. The van der Waals surface area contributed by atoms with Gasteiger partial charge in [-0.2, -0.15) is 0 Å². The van der Waals surface area contributed by atoms with Crippen LogP contribution < -0.4 is 5.73 Å². The van der Waals surface area contributed by atoms with Gasteiger partial charge in [-0.25, -0.2) is 0 Å². The second-order valence-electron chi connectivity index (χ2n) is 3.39. The van der Waals surface area contributed by atoms with Crippen molar-refractivity contribution in [2.24, 2.45) is 11.7 Å². The van der Waals surface area contributed by atoms with Crippen LogP contribution in [0.25, 0.3) is 0 Å². The monoisotopic (exact) mass is 214 g/mol. The van der Waals surface area contributed by atoms with Crippen LogP contribution >= 0.6 is 11.3 Å². The summed E-state index contributed by atoms with van der Waals surface area (Å²) in [5.41, 5.74) is 6.82. The lowest BCUT2D eigenvalue weighted by Crippen LogP contribution is -2.17. The van der Waals surface area contributed by atoms with Gasteiger partial charge >= 0.3 is 5.00 Å². The fraction of sp³-hybridized carbons (Fsp3) is 0.556. The van der Waals surface area contributed by atoms with E-state index in [1.807, 2.05) is 6.92 Å². The van der Waals surface area contributed by atoms with Crippen LogP contribution in [-0.4, -0.2) is 4.92 Å². The van der Waals surface area contributed by atoms with Crippen LogP contribution in [0.2, 0.25) is 0 Å². The van der Waals surface area contributed by atoms with Gasteiger partial charge in [0.25, 0.3) is 0 Å². The van der Waals surface area contributed by atoms with E-state index in [2.05, 4.69) is 6.92 Å². The Kier molecular flexibility index (Phi) is 3.60. The van der Waals surface area contributed by atoms with Crippen molar-refractivity contribution in [2.45, 2.75) is 26.3 Å². The van der Waals surface area contributed by atoms with Crippen LogP contribution in [0.4, 0.5) is 5.00 Å². The molecular formula is C9H14N2O2S. The molecule has 1 aromatic heterocycles. The van der Waals surface area contributed by atoms with Gasteiger partial charge in [0.1, 0.15) is 0 Å². The maximum atomic E-state index is 10.5. The van der Waals surface area contributed by atoms with E-state index in [9.17, 15) is 10.1 Å². The lowest BCUT2D eigenvalue weighted by molar-refractivity contribution is -0.380. The number of nitrogens with two attached hydrogens (primary N) is 1. The molecule has 4 nitrogen and oxygen atoms in total. The van der Waals surface area contributed by atoms with Gasteiger partial charge in [0.2, 0.25) is 0 Å². The summed E-state index contributed by atoms with van der Waals surface area (Å²) >= 11 is 1.13. The number of hydrogen-bond donors (Lipinski definition) is 1. The largest absolute Gasteiger partial charge is 0.324 e. The molecule has 2 atom stereocenters. The van der Waals surface area contributed by atoms with Crippen LogP contribution in [0.15, 0.2) is 11.4 Å². The third kappa shape index (κ3) is 2.30. The first-order valence-electron chi connectivity index (χ1n) is 4.54. The first-order chi connectivity index (χ1) is 6.56. The summed E-state index contributed by atoms with van der Waals surface area (Å²) in [6.45, 7) is 4.11. The van der Waals surface area contributed by atoms with E-state index in [0.717, 1.165) is 23.3 Å². The van der Waals surface area contributed by atoms with Gasteiger partial charge in [0.15, 0.2) is 0 Å². The standard InChI is InChI=1S/C9H14N2O2S/c1-3-6(2)9(10)7-4-8(11(12)13)14-5-7/h4-6,9H,3,10H2,1-2H3/t6?,9-/m0/s1. The number of nitro groups is 1. The number of nitrogens with zero attached hydrogens (tertiary/aromatic N) is 1. The van der Waals surface area contributed by atoms with E-state index in [4.69, 9.17) is 5.73 Å². The predicted molar refractivity (Wildman–Crippen MR) is 57.4 cm³/mol. The average Bonchev–Trinajstić information content (AvgIpc) is 2.64. The Hall–Kier alpha value is -0.940. The molecule has 0 aliphatic carbocycles. The second-order valence-corrected chi connectivity index (χ2v) is 4.28. The highest BCUT2D eigenvalue weighted by molar-refractivity contribution is 7.13. The van der Waals surface area contributed by atoms with Crippen LogP contribution in [0.5, 0.6) is 0 Å². The van der Waals surface area contributed by atoms with Crippen molar-refractivity contribution in [3.8, 4) is 0 Å². The summed E-state index contributed by atoms with van der Waals surface area (Å²) in [5.74, 6) is 0.351. The van der Waals surface area contributed by atoms with Gasteiger partial charge < -0.3 is 5.73 Å². The molecule has 0 aliphatic heterocycles. The van der Waals surface area contributed by atoms with Crippen LogP contribution in [0.1, 0.15) is 31.9 Å². The minimum Gasteiger partial charge on any atom is -0.324 e. The quantitative estimate of drug-likeness (QED) is 0.618. The SMILES string of the molecule is CCC(C)[C@H](N)c1csc([N+](=O)[O-])c1. The zero-order chi connectivity index (χ0) is 10.7. The molecular weight excluding hydrogens is 200 g/mol. The molecule has 5 heteroatoms. The van der Waals surface area contributed by atoms with Crippen LogP contribution in [0, 0.1) is 16.0 Å². The molecule has 1 unspecified atom stereocenters. The zero-order valence-corrected chi connectivity index (χ0v) is 9.08. The molecule has 78 valence electrons. The van der Waals surface area contributed by atoms with Gasteiger partial charge in [-0.3, -0.25) is 10.1 Å². The summed E-state index contributed by atoms with van der Waals surface area (Å²) in [4.78, 5) is 10.1. The number of thiophene rings is 1. The summed E-state index contributed by atoms with van der Waals surface area (Å²) in [6, 6.07) is 1.48. The van der Waals surface area contributed by atoms with E-state index in [1.54, 1.807) is 11.4 Å². The Labute approximate surface area is 86.9 Å². The molecule has 1 aromatic rings. The van der Waals surface area contributed by atoms with Crippen molar-refractivity contribution in [3.05, 3.63) is 27.1 Å². The fourth-order valence-corrected chi connectivity index (χ4v) is 1.96. The normalized spacial score (nSPS) is 15.1. The third-order valence-corrected chi connectivity index (χ3v) is 3.33. The molecule has 0 amide bonds. The van der Waals surface area contributed by atoms with Crippen molar-refractivity contribution >= 4 is 16.3 Å². The van der Waals surface area contributed by atoms with Gasteiger partial charge in [-0.1, -0.05) is 31.6 Å². The molecule has 2 N–H and O–H groups in total. The smallest absolute Gasteiger partial charge is 0.324 e. The molecule has 0 aromatic carbocycles. The Bertz CT molecular complexity index is 324. The van der Waals surface area contributed by atoms with E-state index >= 15 is 0 Å². The van der Waals surface area contributed by atoms with E-state index in [0.29, 0.717) is 5.92 Å². The number of rotatable bonds is 4. The summed E-state index contributed by atoms with van der Waals surface area (Å²) < 4.78 is 0. The molecule has 1 rings (SSSR count). The van der Waals surface area contributed by atoms with Crippen molar-refractivity contribution in [1.82, 2.24) is 0 Å². The first-order valence-corrected chi connectivity index (χ1v) is 5.42. The maximum Gasteiger partial charge on any atom is 0.324 e. The Morgan fingerprint density at radius 1 is 1.71 bits per heavy atom. The summed E-state index contributed by atoms with van der Waals surface area (Å²) in [5, 5.41) is 12.4. The summed E-state index contributed by atoms with van der Waals surface area (Å²) in [7, 11) is 0. The first kappa shape index (κ1) is 11.1. The maximum absolute atomic E-state index is 10.5. The van der Waals surface area contributed by atoms with Gasteiger partial charge in [0, 0.05) is 17.5 Å². The highest BCUT2D eigenvalue weighted by Crippen LogP contribution is 2.29. The van der Waals surface area contributed by atoms with Crippen molar-refractivity contribution < 1.29 is 4.92 Å². The highest BCUT2D eigenvalue weighted by Gasteiger charge is 2.18. The Balaban J connectivity index is 2.81. The summed E-state index contributed by atoms with van der Waals surface area (Å²) in [6.07, 6.45) is 0.977. The molecule has 0 saturated carbocycles. The molecule has 0 radical (unpaired) electrons. The topological polar surface area (TPSA) is 69.2 Å². The van der Waals surface area contributed by atoms with E-state index in [1.165, 1.54) is 0 Å². The van der Waals surface area contributed by atoms with Crippen LogP contribution in [0.3, 0.4) is 0 Å². The predicted octanol–water partition coefficient (Wildman–Crippen LogP) is 2.70. The van der Waals surface area contributed by atoms with Crippen molar-refractivity contribution in [2.75, 3.05) is 0 Å². The molecule has 1 heterocycles. The van der Waals surface area contributed by atoms with Crippen molar-refractivity contribution in [3.63, 3.8) is 0 Å². The lowest BCUT2D eigenvalue weighted by Gasteiger charge is -2.16. The number of hydrogen-bond acceptors (Lipinski definition) is 4. The van der Waals surface area contributed by atoms with Gasteiger partial charge in [-0.15, -0.1) is 0 Å². The molecule has 0 spiro atoms. The minimum absolute atomic E-state index is 0.0926. The average molecular weight is 214 g/mol. The lowest BCUT2D eigenvalue weighted by atomic mass is 9.95. The van der Waals surface area contributed by atoms with Gasteiger partial charge in [0.05, 0.1) is 4.92 Å². The molecule has 0 saturated heterocycles. The zero-order valence-electron chi connectivity index (χ0n) is 8.27. The van der Waals surface area contributed by atoms with Crippen molar-refractivity contribution in [1.29, 1.82) is 0 Å². The Morgan fingerprint density at radius 3 is 2.79 bits per heavy atom. The Morgan fingerprint density at radius 2 is 2.36 bits per heavy atom. The molecule has 0 aliphatic rings. The van der Waals surface area contributed by atoms with E-state index in [-0.39, 0.29) is 16.0 Å². The van der Waals surface area contributed by atoms with Crippen LogP contribution in [-0.2, 0) is 0 Å². The molecule has 0 fully saturated rings. The highest BCUT2D eigenvalue weighted by atomic mass is 32.1. The fourth-order valence-electron chi connectivity index (χ4n) is 1.19.